The molecular formula is C23H32N4O3. The molecule has 0 aliphatic carbocycles. The van der Waals surface area contributed by atoms with E-state index in [0.717, 1.165) is 75.5 Å². The van der Waals surface area contributed by atoms with Crippen molar-refractivity contribution in [3.8, 4) is 11.5 Å². The molecule has 0 atom stereocenters. The van der Waals surface area contributed by atoms with Crippen molar-refractivity contribution in [3.63, 3.8) is 0 Å². The minimum absolute atomic E-state index is 0.302. The highest BCUT2D eigenvalue weighted by molar-refractivity contribution is 5.51. The van der Waals surface area contributed by atoms with Gasteiger partial charge in [-0.2, -0.15) is 0 Å². The van der Waals surface area contributed by atoms with Gasteiger partial charge in [-0.1, -0.05) is 19.9 Å². The van der Waals surface area contributed by atoms with Crippen molar-refractivity contribution in [2.45, 2.75) is 39.3 Å². The Morgan fingerprint density at radius 3 is 2.50 bits per heavy atom. The van der Waals surface area contributed by atoms with E-state index in [4.69, 9.17) is 24.2 Å². The van der Waals surface area contributed by atoms with Crippen molar-refractivity contribution in [3.05, 3.63) is 40.8 Å². The van der Waals surface area contributed by atoms with E-state index in [2.05, 4.69) is 35.8 Å². The van der Waals surface area contributed by atoms with Gasteiger partial charge >= 0.3 is 0 Å². The van der Waals surface area contributed by atoms with E-state index in [0.29, 0.717) is 5.92 Å². The lowest BCUT2D eigenvalue weighted by atomic mass is 10.0. The van der Waals surface area contributed by atoms with E-state index in [1.54, 1.807) is 14.2 Å². The van der Waals surface area contributed by atoms with Gasteiger partial charge in [0.05, 0.1) is 33.1 Å². The summed E-state index contributed by atoms with van der Waals surface area (Å²) in [5.74, 6) is 3.89. The number of fused-ring (bicyclic) bond motifs is 1. The number of aromatic nitrogens is 2. The molecule has 1 saturated heterocycles. The van der Waals surface area contributed by atoms with Crippen LogP contribution >= 0.6 is 0 Å². The molecule has 0 saturated carbocycles. The fourth-order valence-electron chi connectivity index (χ4n) is 4.15. The topological polar surface area (TPSA) is 60.0 Å². The molecule has 162 valence electrons. The smallest absolute Gasteiger partial charge is 0.161 e. The fourth-order valence-corrected chi connectivity index (χ4v) is 4.15. The van der Waals surface area contributed by atoms with Gasteiger partial charge in [0.25, 0.3) is 0 Å². The Labute approximate surface area is 179 Å². The molecule has 0 N–H and O–H groups in total. The molecular weight excluding hydrogens is 380 g/mol. The lowest BCUT2D eigenvalue weighted by Crippen LogP contribution is -2.39. The summed E-state index contributed by atoms with van der Waals surface area (Å²) >= 11 is 0. The van der Waals surface area contributed by atoms with Crippen molar-refractivity contribution in [2.75, 3.05) is 52.0 Å². The summed E-state index contributed by atoms with van der Waals surface area (Å²) in [6.07, 6.45) is 0.966. The number of nitrogens with zero attached hydrogens (tertiary/aromatic N) is 4. The molecule has 0 bridgehead atoms. The van der Waals surface area contributed by atoms with Gasteiger partial charge in [-0.05, 0) is 24.1 Å². The molecule has 0 unspecified atom stereocenters. The largest absolute Gasteiger partial charge is 0.493 e. The molecule has 2 aliphatic heterocycles. The van der Waals surface area contributed by atoms with Gasteiger partial charge < -0.3 is 19.1 Å². The maximum absolute atomic E-state index is 5.55. The van der Waals surface area contributed by atoms with Gasteiger partial charge in [0.1, 0.15) is 11.6 Å². The SMILES string of the molecule is COc1ccc(CN2CCc3c(nc(C(C)C)nc3N3CCOCC3)C2)cc1OC. The Balaban J connectivity index is 1.57. The van der Waals surface area contributed by atoms with Crippen molar-refractivity contribution in [2.24, 2.45) is 0 Å². The van der Waals surface area contributed by atoms with Crippen molar-refractivity contribution in [1.82, 2.24) is 14.9 Å². The van der Waals surface area contributed by atoms with E-state index in [1.165, 1.54) is 16.8 Å². The zero-order valence-electron chi connectivity index (χ0n) is 18.5. The average Bonchev–Trinajstić information content (AvgIpc) is 2.78. The third-order valence-electron chi connectivity index (χ3n) is 5.82. The number of anilines is 1. The van der Waals surface area contributed by atoms with E-state index >= 15 is 0 Å². The zero-order valence-corrected chi connectivity index (χ0v) is 18.5. The highest BCUT2D eigenvalue weighted by atomic mass is 16.5. The van der Waals surface area contributed by atoms with E-state index in [9.17, 15) is 0 Å². The standard InChI is InChI=1S/C23H32N4O3/c1-16(2)22-24-19-15-26(14-17-5-6-20(28-3)21(13-17)29-4)8-7-18(19)23(25-22)27-9-11-30-12-10-27/h5-6,13,16H,7-12,14-15H2,1-4H3. The van der Waals surface area contributed by atoms with Gasteiger partial charge in [-0.25, -0.2) is 9.97 Å². The summed E-state index contributed by atoms with van der Waals surface area (Å²) in [6.45, 7) is 10.3. The quantitative estimate of drug-likeness (QED) is 0.723. The van der Waals surface area contributed by atoms with E-state index in [1.807, 2.05) is 6.07 Å². The average molecular weight is 413 g/mol. The molecule has 30 heavy (non-hydrogen) atoms. The molecule has 7 heteroatoms. The number of rotatable bonds is 6. The van der Waals surface area contributed by atoms with Crippen LogP contribution in [0.5, 0.6) is 11.5 Å². The van der Waals surface area contributed by atoms with Crippen molar-refractivity contribution in [1.29, 1.82) is 0 Å². The molecule has 0 radical (unpaired) electrons. The zero-order chi connectivity index (χ0) is 21.1. The summed E-state index contributed by atoms with van der Waals surface area (Å²) < 4.78 is 16.4. The molecule has 1 fully saturated rings. The van der Waals surface area contributed by atoms with Crippen molar-refractivity contribution < 1.29 is 14.2 Å². The second-order valence-corrected chi connectivity index (χ2v) is 8.23. The predicted molar refractivity (Wildman–Crippen MR) is 117 cm³/mol. The minimum atomic E-state index is 0.302. The number of ether oxygens (including phenoxy) is 3. The minimum Gasteiger partial charge on any atom is -0.493 e. The van der Waals surface area contributed by atoms with Crippen LogP contribution in [0.25, 0.3) is 0 Å². The fraction of sp³-hybridized carbons (Fsp3) is 0.565. The number of hydrogen-bond donors (Lipinski definition) is 0. The molecule has 2 aliphatic rings. The van der Waals surface area contributed by atoms with Gasteiger partial charge in [0, 0.05) is 44.2 Å². The van der Waals surface area contributed by atoms with Crippen LogP contribution in [0.4, 0.5) is 5.82 Å². The van der Waals surface area contributed by atoms with E-state index < -0.39 is 0 Å². The van der Waals surface area contributed by atoms with Gasteiger partial charge in [0.2, 0.25) is 0 Å². The Bertz CT molecular complexity index is 881. The monoisotopic (exact) mass is 412 g/mol. The summed E-state index contributed by atoms with van der Waals surface area (Å²) in [5, 5.41) is 0. The number of hydrogen-bond acceptors (Lipinski definition) is 7. The maximum Gasteiger partial charge on any atom is 0.161 e. The first-order valence-electron chi connectivity index (χ1n) is 10.7. The second kappa shape index (κ2) is 9.18. The van der Waals surface area contributed by atoms with Crippen LogP contribution in [0, 0.1) is 0 Å². The third-order valence-corrected chi connectivity index (χ3v) is 5.82. The number of benzene rings is 1. The lowest BCUT2D eigenvalue weighted by Gasteiger charge is -2.34. The first-order chi connectivity index (χ1) is 14.6. The first kappa shape index (κ1) is 20.9. The van der Waals surface area contributed by atoms with Crippen molar-refractivity contribution >= 4 is 5.82 Å². The Hall–Kier alpha value is -2.38. The number of morpholine rings is 1. The molecule has 7 nitrogen and oxygen atoms in total. The highest BCUT2D eigenvalue weighted by Crippen LogP contribution is 2.31. The van der Waals surface area contributed by atoms with Crippen LogP contribution < -0.4 is 14.4 Å². The molecule has 1 aromatic carbocycles. The van der Waals surface area contributed by atoms with Gasteiger partial charge in [-0.15, -0.1) is 0 Å². The Morgan fingerprint density at radius 2 is 1.80 bits per heavy atom. The molecule has 3 heterocycles. The van der Waals surface area contributed by atoms with Gasteiger partial charge in [0.15, 0.2) is 11.5 Å². The lowest BCUT2D eigenvalue weighted by molar-refractivity contribution is 0.122. The molecule has 0 spiro atoms. The van der Waals surface area contributed by atoms with Crippen LogP contribution in [-0.2, 0) is 24.2 Å². The summed E-state index contributed by atoms with van der Waals surface area (Å²) in [7, 11) is 3.34. The van der Waals surface area contributed by atoms with Crippen LogP contribution in [0.15, 0.2) is 18.2 Å². The van der Waals surface area contributed by atoms with Crippen LogP contribution in [0.2, 0.25) is 0 Å². The summed E-state index contributed by atoms with van der Waals surface area (Å²) in [6, 6.07) is 6.14. The Morgan fingerprint density at radius 1 is 1.03 bits per heavy atom. The maximum atomic E-state index is 5.55. The molecule has 4 rings (SSSR count). The molecule has 0 amide bonds. The van der Waals surface area contributed by atoms with E-state index in [-0.39, 0.29) is 0 Å². The predicted octanol–water partition coefficient (Wildman–Crippen LogP) is 3.01. The third kappa shape index (κ3) is 4.37. The van der Waals surface area contributed by atoms with Crippen LogP contribution in [-0.4, -0.2) is 61.9 Å². The summed E-state index contributed by atoms with van der Waals surface area (Å²) in [5.41, 5.74) is 3.69. The molecule has 2 aromatic rings. The van der Waals surface area contributed by atoms with Crippen LogP contribution in [0.1, 0.15) is 42.4 Å². The second-order valence-electron chi connectivity index (χ2n) is 8.23. The highest BCUT2D eigenvalue weighted by Gasteiger charge is 2.26. The summed E-state index contributed by atoms with van der Waals surface area (Å²) in [4.78, 5) is 14.8. The molecule has 1 aromatic heterocycles. The van der Waals surface area contributed by atoms with Crippen LogP contribution in [0.3, 0.4) is 0 Å². The normalized spacial score (nSPS) is 17.2. The number of methoxy groups -OCH3 is 2. The first-order valence-corrected chi connectivity index (χ1v) is 10.7. The van der Waals surface area contributed by atoms with Gasteiger partial charge in [-0.3, -0.25) is 4.90 Å². The Kier molecular flexibility index (Phi) is 6.39.